The van der Waals surface area contributed by atoms with Crippen molar-refractivity contribution in [3.05, 3.63) is 35.1 Å². The molecular formula is C17H22FNO4. The number of carboxylic acids is 1. The van der Waals surface area contributed by atoms with Gasteiger partial charge in [0.2, 0.25) is 0 Å². The lowest BCUT2D eigenvalue weighted by molar-refractivity contribution is -0.190. The van der Waals surface area contributed by atoms with E-state index in [9.17, 15) is 19.1 Å². The van der Waals surface area contributed by atoms with E-state index in [1.54, 1.807) is 20.8 Å². The first kappa shape index (κ1) is 17.4. The summed E-state index contributed by atoms with van der Waals surface area (Å²) in [6.45, 7) is 7.47. The van der Waals surface area contributed by atoms with Gasteiger partial charge in [-0.1, -0.05) is 13.8 Å². The van der Waals surface area contributed by atoms with E-state index in [1.807, 2.05) is 6.92 Å². The number of hydrogen-bond donors (Lipinski definition) is 2. The van der Waals surface area contributed by atoms with Gasteiger partial charge >= 0.3 is 5.97 Å². The number of carbonyl (C=O) groups is 2. The van der Waals surface area contributed by atoms with Gasteiger partial charge in [-0.3, -0.25) is 4.79 Å². The lowest BCUT2D eigenvalue weighted by atomic mass is 9.54. The molecule has 1 aromatic carbocycles. The molecule has 0 aliphatic heterocycles. The number of nitrogens with one attached hydrogen (secondary N) is 1. The van der Waals surface area contributed by atoms with E-state index in [-0.39, 0.29) is 18.1 Å². The van der Waals surface area contributed by atoms with Gasteiger partial charge in [-0.2, -0.15) is 0 Å². The summed E-state index contributed by atoms with van der Waals surface area (Å²) in [6, 6.07) is 3.79. The van der Waals surface area contributed by atoms with E-state index >= 15 is 0 Å². The zero-order valence-electron chi connectivity index (χ0n) is 13.8. The number of halogens is 1. The lowest BCUT2D eigenvalue weighted by Crippen LogP contribution is -2.76. The minimum atomic E-state index is -1.40. The average molecular weight is 323 g/mol. The van der Waals surface area contributed by atoms with Crippen LogP contribution >= 0.6 is 0 Å². The molecule has 126 valence electrons. The van der Waals surface area contributed by atoms with Gasteiger partial charge in [-0.15, -0.1) is 0 Å². The summed E-state index contributed by atoms with van der Waals surface area (Å²) in [7, 11) is 0. The second kappa shape index (κ2) is 5.92. The Kier molecular flexibility index (Phi) is 4.48. The number of ether oxygens (including phenoxy) is 1. The number of aliphatic carboxylic acids is 1. The fourth-order valence-corrected chi connectivity index (χ4v) is 3.18. The number of amides is 1. The third-order valence-corrected chi connectivity index (χ3v) is 4.89. The number of carbonyl (C=O) groups excluding carboxylic acids is 1. The van der Waals surface area contributed by atoms with Gasteiger partial charge in [0.15, 0.2) is 0 Å². The maximum Gasteiger partial charge on any atom is 0.330 e. The quantitative estimate of drug-likeness (QED) is 0.873. The molecule has 0 spiro atoms. The molecule has 5 nitrogen and oxygen atoms in total. The summed E-state index contributed by atoms with van der Waals surface area (Å²) in [5, 5.41) is 12.3. The van der Waals surface area contributed by atoms with Gasteiger partial charge in [0.05, 0.1) is 6.10 Å². The van der Waals surface area contributed by atoms with Crippen LogP contribution in [0.4, 0.5) is 4.39 Å². The van der Waals surface area contributed by atoms with E-state index in [4.69, 9.17) is 4.74 Å². The molecule has 0 heterocycles. The van der Waals surface area contributed by atoms with Crippen LogP contribution in [0.5, 0.6) is 0 Å². The predicted molar refractivity (Wildman–Crippen MR) is 82.8 cm³/mol. The van der Waals surface area contributed by atoms with Gasteiger partial charge in [0, 0.05) is 24.0 Å². The topological polar surface area (TPSA) is 75.6 Å². The largest absolute Gasteiger partial charge is 0.479 e. The molecule has 23 heavy (non-hydrogen) atoms. The monoisotopic (exact) mass is 323 g/mol. The standard InChI is InChI=1S/C17H22FNO4/c1-5-23-13-9-17(15(21)22,16(13,3)4)19-14(20)12-7-6-11(18)8-10(12)2/h6-8,13H,5,9H2,1-4H3,(H,19,20)(H,21,22). The summed E-state index contributed by atoms with van der Waals surface area (Å²) in [5.41, 5.74) is -1.42. The molecule has 1 aliphatic carbocycles. The Morgan fingerprint density at radius 2 is 2.09 bits per heavy atom. The van der Waals surface area contributed by atoms with Gasteiger partial charge in [-0.05, 0) is 37.6 Å². The third kappa shape index (κ3) is 2.72. The molecule has 0 bridgehead atoms. The first-order chi connectivity index (χ1) is 10.7. The maximum atomic E-state index is 13.2. The number of rotatable bonds is 5. The van der Waals surface area contributed by atoms with Crippen LogP contribution in [0.15, 0.2) is 18.2 Å². The predicted octanol–water partition coefficient (Wildman–Crippen LogP) is 2.52. The maximum absolute atomic E-state index is 13.2. The Bertz CT molecular complexity index is 643. The molecule has 0 saturated heterocycles. The van der Waals surface area contributed by atoms with Crippen LogP contribution in [0.25, 0.3) is 0 Å². The Morgan fingerprint density at radius 3 is 2.57 bits per heavy atom. The Labute approximate surface area is 134 Å². The van der Waals surface area contributed by atoms with E-state index in [2.05, 4.69) is 5.32 Å². The minimum absolute atomic E-state index is 0.204. The fraction of sp³-hybridized carbons (Fsp3) is 0.529. The zero-order chi connectivity index (χ0) is 17.4. The van der Waals surface area contributed by atoms with Crippen LogP contribution in [0.2, 0.25) is 0 Å². The first-order valence-electron chi connectivity index (χ1n) is 7.59. The van der Waals surface area contributed by atoms with E-state index in [1.165, 1.54) is 18.2 Å². The van der Waals surface area contributed by atoms with Gasteiger partial charge < -0.3 is 15.2 Å². The van der Waals surface area contributed by atoms with E-state index in [0.29, 0.717) is 12.2 Å². The Hall–Kier alpha value is -1.95. The number of aryl methyl sites for hydroxylation is 1. The second-order valence-corrected chi connectivity index (χ2v) is 6.49. The Balaban J connectivity index is 2.28. The van der Waals surface area contributed by atoms with Crippen LogP contribution < -0.4 is 5.32 Å². The lowest BCUT2D eigenvalue weighted by Gasteiger charge is -2.58. The van der Waals surface area contributed by atoms with Gasteiger partial charge in [-0.25, -0.2) is 9.18 Å². The fourth-order valence-electron chi connectivity index (χ4n) is 3.18. The zero-order valence-corrected chi connectivity index (χ0v) is 13.8. The molecule has 2 atom stereocenters. The summed E-state index contributed by atoms with van der Waals surface area (Å²) in [5.74, 6) is -2.05. The van der Waals surface area contributed by atoms with Gasteiger partial charge in [0.1, 0.15) is 11.4 Å². The van der Waals surface area contributed by atoms with Crippen molar-refractivity contribution in [3.8, 4) is 0 Å². The summed E-state index contributed by atoms with van der Waals surface area (Å²) in [4.78, 5) is 24.3. The van der Waals surface area contributed by atoms with Crippen molar-refractivity contribution >= 4 is 11.9 Å². The molecule has 1 saturated carbocycles. The second-order valence-electron chi connectivity index (χ2n) is 6.49. The van der Waals surface area contributed by atoms with Crippen molar-refractivity contribution in [1.29, 1.82) is 0 Å². The van der Waals surface area contributed by atoms with Crippen molar-refractivity contribution < 1.29 is 23.8 Å². The summed E-state index contributed by atoms with van der Waals surface area (Å²) in [6.07, 6.45) is -0.0342. The smallest absolute Gasteiger partial charge is 0.330 e. The highest BCUT2D eigenvalue weighted by Gasteiger charge is 2.66. The number of hydrogen-bond acceptors (Lipinski definition) is 3. The molecule has 2 rings (SSSR count). The number of benzene rings is 1. The molecule has 2 N–H and O–H groups in total. The Morgan fingerprint density at radius 1 is 1.43 bits per heavy atom. The summed E-state index contributed by atoms with van der Waals surface area (Å²) >= 11 is 0. The molecule has 2 unspecified atom stereocenters. The van der Waals surface area contributed by atoms with Crippen LogP contribution in [0.3, 0.4) is 0 Å². The van der Waals surface area contributed by atoms with Crippen LogP contribution in [0.1, 0.15) is 43.1 Å². The van der Waals surface area contributed by atoms with Crippen LogP contribution in [0, 0.1) is 18.2 Å². The first-order valence-corrected chi connectivity index (χ1v) is 7.59. The molecule has 1 fully saturated rings. The third-order valence-electron chi connectivity index (χ3n) is 4.89. The molecular weight excluding hydrogens is 301 g/mol. The molecule has 1 aliphatic rings. The summed E-state index contributed by atoms with van der Waals surface area (Å²) < 4.78 is 18.7. The van der Waals surface area contributed by atoms with E-state index in [0.717, 1.165) is 0 Å². The molecule has 6 heteroatoms. The molecule has 0 radical (unpaired) electrons. The number of carboxylic acid groups (broad SMARTS) is 1. The van der Waals surface area contributed by atoms with Crippen LogP contribution in [-0.4, -0.2) is 35.2 Å². The van der Waals surface area contributed by atoms with Crippen molar-refractivity contribution in [2.45, 2.75) is 45.8 Å². The molecule has 1 amide bonds. The van der Waals surface area contributed by atoms with Crippen LogP contribution in [-0.2, 0) is 9.53 Å². The highest BCUT2D eigenvalue weighted by Crippen LogP contribution is 2.51. The van der Waals surface area contributed by atoms with Gasteiger partial charge in [0.25, 0.3) is 5.91 Å². The highest BCUT2D eigenvalue weighted by molar-refractivity contribution is 5.99. The van der Waals surface area contributed by atoms with E-state index < -0.39 is 28.6 Å². The van der Waals surface area contributed by atoms with Crippen molar-refractivity contribution in [2.75, 3.05) is 6.61 Å². The minimum Gasteiger partial charge on any atom is -0.479 e. The average Bonchev–Trinajstić information content (AvgIpc) is 2.45. The highest BCUT2D eigenvalue weighted by atomic mass is 19.1. The van der Waals surface area contributed by atoms with Crippen molar-refractivity contribution in [3.63, 3.8) is 0 Å². The SMILES string of the molecule is CCOC1CC(NC(=O)c2ccc(F)cc2C)(C(=O)O)C1(C)C. The normalized spacial score (nSPS) is 25.5. The molecule has 0 aromatic heterocycles. The van der Waals surface area contributed by atoms with Crippen molar-refractivity contribution in [1.82, 2.24) is 5.32 Å². The molecule has 1 aromatic rings. The van der Waals surface area contributed by atoms with Crippen molar-refractivity contribution in [2.24, 2.45) is 5.41 Å².